The summed E-state index contributed by atoms with van der Waals surface area (Å²) >= 11 is 0. The SMILES string of the molecule is NC(N)=NCCC[C@H](N)C(=O)N[C@@H](CCC(=O)O)C(=O)N[C@@H](CC(=O)O)C(=O)O. The second kappa shape index (κ2) is 12.9. The Bertz CT molecular complexity index is 649. The van der Waals surface area contributed by atoms with Crippen LogP contribution in [0.3, 0.4) is 0 Å². The summed E-state index contributed by atoms with van der Waals surface area (Å²) in [7, 11) is 0. The highest BCUT2D eigenvalue weighted by Gasteiger charge is 2.29. The number of nitrogens with two attached hydrogens (primary N) is 3. The van der Waals surface area contributed by atoms with E-state index in [0.717, 1.165) is 0 Å². The first-order valence-corrected chi connectivity index (χ1v) is 8.52. The predicted octanol–water partition coefficient (Wildman–Crippen LogP) is -3.24. The van der Waals surface area contributed by atoms with Crippen LogP contribution in [-0.2, 0) is 24.0 Å². The van der Waals surface area contributed by atoms with E-state index in [1.165, 1.54) is 0 Å². The number of carbonyl (C=O) groups is 5. The Labute approximate surface area is 165 Å². The van der Waals surface area contributed by atoms with Crippen LogP contribution in [0.4, 0.5) is 0 Å². The van der Waals surface area contributed by atoms with Gasteiger partial charge in [0.15, 0.2) is 5.96 Å². The third-order valence-corrected chi connectivity index (χ3v) is 3.58. The first-order chi connectivity index (χ1) is 13.4. The van der Waals surface area contributed by atoms with Crippen molar-refractivity contribution in [1.29, 1.82) is 0 Å². The third-order valence-electron chi connectivity index (χ3n) is 3.58. The van der Waals surface area contributed by atoms with Crippen LogP contribution in [0.2, 0.25) is 0 Å². The summed E-state index contributed by atoms with van der Waals surface area (Å²) in [4.78, 5) is 60.7. The molecule has 14 heteroatoms. The lowest BCUT2D eigenvalue weighted by molar-refractivity contribution is -0.147. The van der Waals surface area contributed by atoms with E-state index in [1.54, 1.807) is 0 Å². The minimum atomic E-state index is -1.75. The fourth-order valence-electron chi connectivity index (χ4n) is 2.11. The molecule has 0 bridgehead atoms. The molecular weight excluding hydrogens is 392 g/mol. The number of carboxylic acids is 3. The molecule has 2 amide bonds. The quantitative estimate of drug-likeness (QED) is 0.0789. The number of amides is 2. The van der Waals surface area contributed by atoms with Crippen LogP contribution in [0.15, 0.2) is 4.99 Å². The largest absolute Gasteiger partial charge is 0.481 e. The second-order valence-electron chi connectivity index (χ2n) is 6.05. The Hall–Kier alpha value is -3.42. The summed E-state index contributed by atoms with van der Waals surface area (Å²) in [5.41, 5.74) is 16.0. The van der Waals surface area contributed by atoms with Crippen LogP contribution in [-0.4, -0.2) is 75.7 Å². The topological polar surface area (TPSA) is 261 Å². The zero-order valence-corrected chi connectivity index (χ0v) is 15.5. The molecule has 0 aliphatic rings. The maximum absolute atomic E-state index is 12.3. The molecule has 0 saturated carbocycles. The molecule has 0 spiro atoms. The number of nitrogens with one attached hydrogen (secondary N) is 2. The molecular formula is C15H26N6O8. The molecule has 0 aliphatic heterocycles. The van der Waals surface area contributed by atoms with E-state index >= 15 is 0 Å². The van der Waals surface area contributed by atoms with Crippen molar-refractivity contribution in [3.63, 3.8) is 0 Å². The van der Waals surface area contributed by atoms with Gasteiger partial charge < -0.3 is 43.2 Å². The van der Waals surface area contributed by atoms with Gasteiger partial charge in [-0.3, -0.25) is 24.2 Å². The van der Waals surface area contributed by atoms with Crippen molar-refractivity contribution in [2.75, 3.05) is 6.54 Å². The van der Waals surface area contributed by atoms with E-state index < -0.39 is 60.7 Å². The van der Waals surface area contributed by atoms with Gasteiger partial charge in [0.25, 0.3) is 0 Å². The molecule has 11 N–H and O–H groups in total. The molecule has 3 atom stereocenters. The lowest BCUT2D eigenvalue weighted by Gasteiger charge is -2.22. The fraction of sp³-hybridized carbons (Fsp3) is 0.600. The minimum Gasteiger partial charge on any atom is -0.481 e. The molecule has 0 fully saturated rings. The Morgan fingerprint density at radius 3 is 1.93 bits per heavy atom. The molecule has 0 heterocycles. The normalized spacial score (nSPS) is 13.4. The summed E-state index contributed by atoms with van der Waals surface area (Å²) in [5.74, 6) is -6.25. The van der Waals surface area contributed by atoms with E-state index in [9.17, 15) is 24.0 Å². The van der Waals surface area contributed by atoms with Crippen molar-refractivity contribution in [3.8, 4) is 0 Å². The maximum Gasteiger partial charge on any atom is 0.326 e. The second-order valence-corrected chi connectivity index (χ2v) is 6.05. The molecule has 0 aliphatic carbocycles. The molecule has 0 rings (SSSR count). The molecule has 0 unspecified atom stereocenters. The molecule has 0 aromatic carbocycles. The van der Waals surface area contributed by atoms with Gasteiger partial charge >= 0.3 is 17.9 Å². The smallest absolute Gasteiger partial charge is 0.326 e. The van der Waals surface area contributed by atoms with Crippen LogP contribution in [0.25, 0.3) is 0 Å². The summed E-state index contributed by atoms with van der Waals surface area (Å²) in [6, 6.07) is -4.23. The number of carbonyl (C=O) groups excluding carboxylic acids is 2. The summed E-state index contributed by atoms with van der Waals surface area (Å²) in [6.07, 6.45) is -1.24. The summed E-state index contributed by atoms with van der Waals surface area (Å²) in [5, 5.41) is 30.7. The van der Waals surface area contributed by atoms with Crippen LogP contribution in [0.5, 0.6) is 0 Å². The zero-order valence-electron chi connectivity index (χ0n) is 15.5. The standard InChI is InChI=1S/C15H26N6O8/c16-7(2-1-5-19-15(17)18)12(26)20-8(3-4-10(22)23)13(27)21-9(14(28)29)6-11(24)25/h7-9H,1-6,16H2,(H,20,26)(H,21,27)(H,22,23)(H,24,25)(H,28,29)(H4,17,18,19)/t7-,8-,9-/m0/s1. The molecule has 0 aromatic heterocycles. The number of guanidine groups is 1. The van der Waals surface area contributed by atoms with E-state index in [-0.39, 0.29) is 25.3 Å². The highest BCUT2D eigenvalue weighted by Crippen LogP contribution is 2.03. The van der Waals surface area contributed by atoms with Crippen molar-refractivity contribution in [3.05, 3.63) is 0 Å². The fourth-order valence-corrected chi connectivity index (χ4v) is 2.11. The highest BCUT2D eigenvalue weighted by molar-refractivity contribution is 5.93. The van der Waals surface area contributed by atoms with Gasteiger partial charge in [-0.05, 0) is 19.3 Å². The Balaban J connectivity index is 5.01. The Morgan fingerprint density at radius 1 is 0.862 bits per heavy atom. The van der Waals surface area contributed by atoms with Crippen molar-refractivity contribution < 1.29 is 39.3 Å². The minimum absolute atomic E-state index is 0.122. The average molecular weight is 418 g/mol. The van der Waals surface area contributed by atoms with Crippen LogP contribution in [0.1, 0.15) is 32.1 Å². The maximum atomic E-state index is 12.3. The van der Waals surface area contributed by atoms with Gasteiger partial charge in [-0.2, -0.15) is 0 Å². The number of rotatable bonds is 14. The number of carboxylic acid groups (broad SMARTS) is 3. The van der Waals surface area contributed by atoms with Gasteiger partial charge in [0, 0.05) is 13.0 Å². The lowest BCUT2D eigenvalue weighted by atomic mass is 10.1. The number of aliphatic imine (C=N–C) groups is 1. The molecule has 0 saturated heterocycles. The third kappa shape index (κ3) is 11.8. The first kappa shape index (κ1) is 25.6. The van der Waals surface area contributed by atoms with Crippen LogP contribution in [0, 0.1) is 0 Å². The van der Waals surface area contributed by atoms with Crippen molar-refractivity contribution >= 4 is 35.7 Å². The number of hydrogen-bond donors (Lipinski definition) is 8. The average Bonchev–Trinajstić information content (AvgIpc) is 2.60. The molecule has 164 valence electrons. The lowest BCUT2D eigenvalue weighted by Crippen LogP contribution is -2.54. The summed E-state index contributed by atoms with van der Waals surface area (Å²) in [6.45, 7) is 0.224. The van der Waals surface area contributed by atoms with Gasteiger partial charge in [-0.15, -0.1) is 0 Å². The molecule has 0 radical (unpaired) electrons. The van der Waals surface area contributed by atoms with Gasteiger partial charge in [-0.25, -0.2) is 4.79 Å². The monoisotopic (exact) mass is 418 g/mol. The Kier molecular flexibility index (Phi) is 11.4. The van der Waals surface area contributed by atoms with E-state index in [1.807, 2.05) is 5.32 Å². The number of aliphatic carboxylic acids is 3. The predicted molar refractivity (Wildman–Crippen MR) is 98.5 cm³/mol. The summed E-state index contributed by atoms with van der Waals surface area (Å²) < 4.78 is 0. The first-order valence-electron chi connectivity index (χ1n) is 8.52. The van der Waals surface area contributed by atoms with Gasteiger partial charge in [0.1, 0.15) is 12.1 Å². The molecule has 29 heavy (non-hydrogen) atoms. The van der Waals surface area contributed by atoms with Gasteiger partial charge in [0.2, 0.25) is 11.8 Å². The van der Waals surface area contributed by atoms with Crippen molar-refractivity contribution in [2.45, 2.75) is 50.2 Å². The van der Waals surface area contributed by atoms with E-state index in [0.29, 0.717) is 6.42 Å². The number of nitrogens with zero attached hydrogens (tertiary/aromatic N) is 1. The Morgan fingerprint density at radius 2 is 1.45 bits per heavy atom. The number of hydrogen-bond acceptors (Lipinski definition) is 7. The highest BCUT2D eigenvalue weighted by atomic mass is 16.4. The van der Waals surface area contributed by atoms with Gasteiger partial charge in [-0.1, -0.05) is 0 Å². The van der Waals surface area contributed by atoms with Crippen LogP contribution < -0.4 is 27.8 Å². The van der Waals surface area contributed by atoms with E-state index in [2.05, 4.69) is 10.3 Å². The molecule has 0 aromatic rings. The molecule has 14 nitrogen and oxygen atoms in total. The zero-order chi connectivity index (χ0) is 22.6. The van der Waals surface area contributed by atoms with Crippen LogP contribution >= 0.6 is 0 Å². The van der Waals surface area contributed by atoms with Gasteiger partial charge in [0.05, 0.1) is 12.5 Å². The van der Waals surface area contributed by atoms with Crippen molar-refractivity contribution in [2.24, 2.45) is 22.2 Å². The van der Waals surface area contributed by atoms with E-state index in [4.69, 9.17) is 32.5 Å². The van der Waals surface area contributed by atoms with Crippen molar-refractivity contribution in [1.82, 2.24) is 10.6 Å².